The average Bonchev–Trinajstić information content (AvgIpc) is 2.36. The Morgan fingerprint density at radius 3 is 2.76 bits per heavy atom. The Balaban J connectivity index is 2.38. The molecular formula is C14H21NOS. The van der Waals surface area contributed by atoms with Gasteiger partial charge in [0.2, 0.25) is 0 Å². The third-order valence-electron chi connectivity index (χ3n) is 3.82. The van der Waals surface area contributed by atoms with Gasteiger partial charge in [-0.05, 0) is 45.4 Å². The Morgan fingerprint density at radius 1 is 1.35 bits per heavy atom. The Labute approximate surface area is 108 Å². The monoisotopic (exact) mass is 251 g/mol. The van der Waals surface area contributed by atoms with Gasteiger partial charge in [0.15, 0.2) is 5.78 Å². The van der Waals surface area contributed by atoms with Gasteiger partial charge in [-0.15, -0.1) is 11.8 Å². The van der Waals surface area contributed by atoms with E-state index in [-0.39, 0.29) is 16.7 Å². The molecule has 1 spiro atoms. The normalized spacial score (nSPS) is 32.4. The van der Waals surface area contributed by atoms with Gasteiger partial charge in [-0.1, -0.05) is 12.5 Å². The van der Waals surface area contributed by atoms with Gasteiger partial charge in [-0.3, -0.25) is 9.79 Å². The Kier molecular flexibility index (Phi) is 3.48. The summed E-state index contributed by atoms with van der Waals surface area (Å²) >= 11 is 1.73. The minimum absolute atomic E-state index is 0.0129. The number of hydrogen-bond donors (Lipinski definition) is 0. The van der Waals surface area contributed by atoms with Gasteiger partial charge < -0.3 is 0 Å². The molecular weight excluding hydrogens is 230 g/mol. The zero-order chi connectivity index (χ0) is 12.5. The lowest BCUT2D eigenvalue weighted by molar-refractivity contribution is -0.116. The quantitative estimate of drug-likeness (QED) is 0.658. The van der Waals surface area contributed by atoms with E-state index in [9.17, 15) is 4.79 Å². The summed E-state index contributed by atoms with van der Waals surface area (Å²) in [7, 11) is 0. The predicted molar refractivity (Wildman–Crippen MR) is 74.7 cm³/mol. The van der Waals surface area contributed by atoms with Crippen molar-refractivity contribution in [1.29, 1.82) is 0 Å². The summed E-state index contributed by atoms with van der Waals surface area (Å²) in [6, 6.07) is 0. The number of ketones is 1. The van der Waals surface area contributed by atoms with E-state index in [0.717, 1.165) is 19.3 Å². The molecule has 1 heterocycles. The number of thioether (sulfide) groups is 1. The molecule has 0 aromatic carbocycles. The van der Waals surface area contributed by atoms with Crippen LogP contribution < -0.4 is 0 Å². The van der Waals surface area contributed by atoms with Crippen LogP contribution in [-0.2, 0) is 4.79 Å². The second-order valence-electron chi connectivity index (χ2n) is 5.82. The fourth-order valence-corrected chi connectivity index (χ4v) is 3.94. The molecule has 0 amide bonds. The molecule has 17 heavy (non-hydrogen) atoms. The molecule has 0 radical (unpaired) electrons. The molecule has 0 aromatic rings. The number of allylic oxidation sites excluding steroid dienone is 2. The highest BCUT2D eigenvalue weighted by Crippen LogP contribution is 2.44. The summed E-state index contributed by atoms with van der Waals surface area (Å²) in [5.41, 5.74) is 0.0467. The van der Waals surface area contributed by atoms with Gasteiger partial charge in [0, 0.05) is 11.8 Å². The first kappa shape index (κ1) is 12.9. The van der Waals surface area contributed by atoms with E-state index < -0.39 is 0 Å². The fraction of sp³-hybridized carbons (Fsp3) is 0.714. The zero-order valence-corrected chi connectivity index (χ0v) is 11.8. The minimum atomic E-state index is 0.0129. The second kappa shape index (κ2) is 4.60. The van der Waals surface area contributed by atoms with Crippen LogP contribution >= 0.6 is 11.8 Å². The van der Waals surface area contributed by atoms with Crippen LogP contribution in [0.15, 0.2) is 17.1 Å². The van der Waals surface area contributed by atoms with E-state index in [1.807, 2.05) is 6.08 Å². The zero-order valence-electron chi connectivity index (χ0n) is 11.0. The number of rotatable bonds is 0. The number of nitrogens with zero attached hydrogens (tertiary/aromatic N) is 1. The molecule has 1 unspecified atom stereocenters. The lowest BCUT2D eigenvalue weighted by Crippen LogP contribution is -2.33. The second-order valence-corrected chi connectivity index (χ2v) is 6.61. The molecule has 0 N–H and O–H groups in total. The van der Waals surface area contributed by atoms with Crippen molar-refractivity contribution in [2.45, 2.75) is 51.5 Å². The van der Waals surface area contributed by atoms with Crippen molar-refractivity contribution < 1.29 is 4.79 Å². The van der Waals surface area contributed by atoms with E-state index >= 15 is 0 Å². The predicted octanol–water partition coefficient (Wildman–Crippen LogP) is 3.62. The molecule has 1 aliphatic carbocycles. The molecule has 1 atom stereocenters. The van der Waals surface area contributed by atoms with Gasteiger partial charge in [-0.25, -0.2) is 0 Å². The number of carbonyl (C=O) groups excluding carboxylic acids is 1. The molecule has 0 aromatic heterocycles. The first-order valence-electron chi connectivity index (χ1n) is 6.31. The van der Waals surface area contributed by atoms with E-state index in [0.29, 0.717) is 6.42 Å². The van der Waals surface area contributed by atoms with Gasteiger partial charge in [0.05, 0.1) is 10.6 Å². The standard InChI is InChI=1S/C14H21NOS/c1-13(2)7-5-9-14(12(15-13)17-3)8-4-6-11(16)10-14/h4,6H,5,7-10H2,1-3H3. The summed E-state index contributed by atoms with van der Waals surface area (Å²) in [5.74, 6) is 0.262. The number of aliphatic imine (C=N–C) groups is 1. The number of carbonyl (C=O) groups is 1. The molecule has 94 valence electrons. The van der Waals surface area contributed by atoms with Crippen LogP contribution in [-0.4, -0.2) is 22.6 Å². The van der Waals surface area contributed by atoms with Gasteiger partial charge in [0.1, 0.15) is 0 Å². The van der Waals surface area contributed by atoms with E-state index in [1.54, 1.807) is 17.8 Å². The molecule has 3 heteroatoms. The molecule has 2 aliphatic rings. The van der Waals surface area contributed by atoms with Crippen LogP contribution in [0.3, 0.4) is 0 Å². The largest absolute Gasteiger partial charge is 0.295 e. The maximum Gasteiger partial charge on any atom is 0.156 e. The van der Waals surface area contributed by atoms with Gasteiger partial charge in [0.25, 0.3) is 0 Å². The Hall–Kier alpha value is -0.570. The van der Waals surface area contributed by atoms with Crippen LogP contribution in [0.5, 0.6) is 0 Å². The van der Waals surface area contributed by atoms with Crippen molar-refractivity contribution in [2.24, 2.45) is 10.4 Å². The molecule has 0 fully saturated rings. The molecule has 0 bridgehead atoms. The van der Waals surface area contributed by atoms with Crippen molar-refractivity contribution in [2.75, 3.05) is 6.26 Å². The molecule has 0 saturated heterocycles. The highest BCUT2D eigenvalue weighted by atomic mass is 32.2. The minimum Gasteiger partial charge on any atom is -0.295 e. The van der Waals surface area contributed by atoms with Crippen LogP contribution in [0.25, 0.3) is 0 Å². The third kappa shape index (κ3) is 2.65. The molecule has 2 nitrogen and oxygen atoms in total. The first-order chi connectivity index (χ1) is 7.97. The average molecular weight is 251 g/mol. The van der Waals surface area contributed by atoms with Crippen LogP contribution in [0.4, 0.5) is 0 Å². The molecule has 1 aliphatic heterocycles. The van der Waals surface area contributed by atoms with E-state index in [1.165, 1.54) is 11.5 Å². The summed E-state index contributed by atoms with van der Waals surface area (Å²) < 4.78 is 0. The lowest BCUT2D eigenvalue weighted by Gasteiger charge is -2.34. The Bertz CT molecular complexity index is 384. The van der Waals surface area contributed by atoms with Crippen molar-refractivity contribution >= 4 is 22.6 Å². The number of hydrogen-bond acceptors (Lipinski definition) is 3. The fourth-order valence-electron chi connectivity index (χ4n) is 2.91. The van der Waals surface area contributed by atoms with Crippen LogP contribution in [0, 0.1) is 5.41 Å². The van der Waals surface area contributed by atoms with E-state index in [4.69, 9.17) is 4.99 Å². The SMILES string of the molecule is CSC1=NC(C)(C)CCCC12CC=CC(=O)C2. The highest BCUT2D eigenvalue weighted by molar-refractivity contribution is 8.13. The van der Waals surface area contributed by atoms with Crippen molar-refractivity contribution in [3.63, 3.8) is 0 Å². The summed E-state index contributed by atoms with van der Waals surface area (Å²) in [5, 5.41) is 1.19. The van der Waals surface area contributed by atoms with Crippen molar-refractivity contribution in [1.82, 2.24) is 0 Å². The maximum atomic E-state index is 11.7. The lowest BCUT2D eigenvalue weighted by atomic mass is 9.74. The molecule has 2 rings (SSSR count). The smallest absolute Gasteiger partial charge is 0.156 e. The topological polar surface area (TPSA) is 29.4 Å². The van der Waals surface area contributed by atoms with Gasteiger partial charge in [-0.2, -0.15) is 0 Å². The van der Waals surface area contributed by atoms with Crippen molar-refractivity contribution in [3.05, 3.63) is 12.2 Å². The highest BCUT2D eigenvalue weighted by Gasteiger charge is 2.41. The molecule has 0 saturated carbocycles. The van der Waals surface area contributed by atoms with Crippen LogP contribution in [0.2, 0.25) is 0 Å². The van der Waals surface area contributed by atoms with Crippen molar-refractivity contribution in [3.8, 4) is 0 Å². The summed E-state index contributed by atoms with van der Waals surface area (Å²) in [4.78, 5) is 16.7. The van der Waals surface area contributed by atoms with Gasteiger partial charge >= 0.3 is 0 Å². The Morgan fingerprint density at radius 2 is 2.12 bits per heavy atom. The third-order valence-corrected chi connectivity index (χ3v) is 4.73. The van der Waals surface area contributed by atoms with Crippen LogP contribution in [0.1, 0.15) is 46.0 Å². The summed E-state index contributed by atoms with van der Waals surface area (Å²) in [6.07, 6.45) is 10.9. The summed E-state index contributed by atoms with van der Waals surface area (Å²) in [6.45, 7) is 4.39. The van der Waals surface area contributed by atoms with E-state index in [2.05, 4.69) is 20.1 Å². The first-order valence-corrected chi connectivity index (χ1v) is 7.54. The maximum absolute atomic E-state index is 11.7.